The van der Waals surface area contributed by atoms with Gasteiger partial charge >= 0.3 is 6.18 Å². The predicted molar refractivity (Wildman–Crippen MR) is 132 cm³/mol. The van der Waals surface area contributed by atoms with E-state index >= 15 is 0 Å². The van der Waals surface area contributed by atoms with Crippen LogP contribution in [0.5, 0.6) is 5.75 Å². The zero-order valence-corrected chi connectivity index (χ0v) is 20.8. The molecule has 0 amide bonds. The van der Waals surface area contributed by atoms with Crippen LogP contribution in [0.2, 0.25) is 0 Å². The van der Waals surface area contributed by atoms with Crippen LogP contribution in [0.4, 0.5) is 19.0 Å². The van der Waals surface area contributed by atoms with Gasteiger partial charge in [-0.05, 0) is 88.8 Å². The number of phenols is 1. The number of aromatic hydroxyl groups is 1. The number of likely N-dealkylation sites (tertiary alicyclic amines) is 1. The van der Waals surface area contributed by atoms with E-state index in [9.17, 15) is 18.3 Å². The average molecular weight is 512 g/mol. The van der Waals surface area contributed by atoms with Gasteiger partial charge in [0.1, 0.15) is 5.75 Å². The summed E-state index contributed by atoms with van der Waals surface area (Å²) in [7, 11) is 0. The van der Waals surface area contributed by atoms with E-state index in [4.69, 9.17) is 0 Å². The van der Waals surface area contributed by atoms with Crippen LogP contribution in [-0.2, 0) is 12.6 Å². The van der Waals surface area contributed by atoms with E-state index in [-0.39, 0.29) is 18.0 Å². The van der Waals surface area contributed by atoms with Crippen molar-refractivity contribution in [2.24, 2.45) is 0 Å². The highest BCUT2D eigenvalue weighted by Crippen LogP contribution is 2.39. The number of nitrogens with zero attached hydrogens (tertiary/aromatic N) is 4. The van der Waals surface area contributed by atoms with Crippen molar-refractivity contribution in [3.05, 3.63) is 34.9 Å². The summed E-state index contributed by atoms with van der Waals surface area (Å²) >= 11 is 0. The summed E-state index contributed by atoms with van der Waals surface area (Å²) in [6.45, 7) is 7.23. The Morgan fingerprint density at radius 1 is 1.03 bits per heavy atom. The summed E-state index contributed by atoms with van der Waals surface area (Å²) in [5.41, 5.74) is 1.84. The van der Waals surface area contributed by atoms with Crippen molar-refractivity contribution < 1.29 is 18.3 Å². The number of hydrogen-bond donors (Lipinski definition) is 2. The van der Waals surface area contributed by atoms with Crippen LogP contribution in [0.15, 0.2) is 18.2 Å². The standard InChI is InChI=1S/C25H32F3N5O.ClH/c1-16-20-5-3-13-33(19-4-2-12-32(15-19)18-8-10-29-11-9-18)24(20)31-30-23(16)21-7-6-17(14-22(21)34)25(26,27)28;/h6-7,14,18-19,29,34H,2-5,8-13,15H2,1H3;1H/t19-;/m1./s1. The SMILES string of the molecule is Cc1c(-c2ccc(C(F)(F)F)cc2O)nnc2c1CCCN2[C@@H]1CCCN(C2CCNCC2)C1.Cl. The lowest BCUT2D eigenvalue weighted by Gasteiger charge is -2.45. The Bertz CT molecular complexity index is 1040. The molecule has 3 aliphatic heterocycles. The molecule has 0 saturated carbocycles. The smallest absolute Gasteiger partial charge is 0.416 e. The number of nitrogens with one attached hydrogen (secondary N) is 1. The Balaban J connectivity index is 0.00000289. The number of anilines is 1. The third-order valence-electron chi connectivity index (χ3n) is 7.69. The van der Waals surface area contributed by atoms with Gasteiger partial charge in [0.05, 0.1) is 11.3 Å². The molecule has 10 heteroatoms. The molecule has 35 heavy (non-hydrogen) atoms. The Labute approximate surface area is 210 Å². The maximum atomic E-state index is 13.0. The first kappa shape index (κ1) is 26.0. The van der Waals surface area contributed by atoms with E-state index in [1.807, 2.05) is 6.92 Å². The number of phenolic OH excluding ortho intramolecular Hbond substituents is 1. The van der Waals surface area contributed by atoms with Gasteiger partial charge in [-0.1, -0.05) is 0 Å². The topological polar surface area (TPSA) is 64.5 Å². The number of halogens is 4. The number of fused-ring (bicyclic) bond motifs is 1. The van der Waals surface area contributed by atoms with E-state index in [1.165, 1.54) is 25.3 Å². The maximum Gasteiger partial charge on any atom is 0.416 e. The minimum Gasteiger partial charge on any atom is -0.507 e. The van der Waals surface area contributed by atoms with Crippen molar-refractivity contribution in [2.45, 2.75) is 63.7 Å². The molecular weight excluding hydrogens is 479 g/mol. The van der Waals surface area contributed by atoms with Gasteiger partial charge in [-0.2, -0.15) is 13.2 Å². The normalized spacial score (nSPS) is 21.9. The fraction of sp³-hybridized carbons (Fsp3) is 0.600. The predicted octanol–water partition coefficient (Wildman–Crippen LogP) is 4.57. The lowest BCUT2D eigenvalue weighted by molar-refractivity contribution is -0.137. The molecule has 1 atom stereocenters. The molecule has 1 aromatic carbocycles. The van der Waals surface area contributed by atoms with E-state index in [0.29, 0.717) is 17.8 Å². The summed E-state index contributed by atoms with van der Waals surface area (Å²) in [6.07, 6.45) is 2.04. The van der Waals surface area contributed by atoms with Gasteiger partial charge in [-0.25, -0.2) is 0 Å². The van der Waals surface area contributed by atoms with Crippen LogP contribution in [0.25, 0.3) is 11.3 Å². The van der Waals surface area contributed by atoms with Crippen LogP contribution in [0, 0.1) is 6.92 Å². The van der Waals surface area contributed by atoms with Gasteiger partial charge in [-0.15, -0.1) is 22.6 Å². The molecule has 0 unspecified atom stereocenters. The third kappa shape index (κ3) is 5.22. The lowest BCUT2D eigenvalue weighted by atomic mass is 9.93. The van der Waals surface area contributed by atoms with Crippen LogP contribution in [0.1, 0.15) is 48.8 Å². The Morgan fingerprint density at radius 2 is 1.80 bits per heavy atom. The van der Waals surface area contributed by atoms with E-state index in [2.05, 4.69) is 25.3 Å². The number of piperidine rings is 2. The molecule has 4 heterocycles. The van der Waals surface area contributed by atoms with Gasteiger partial charge in [0.2, 0.25) is 0 Å². The van der Waals surface area contributed by atoms with Gasteiger partial charge < -0.3 is 15.3 Å². The molecule has 6 nitrogen and oxygen atoms in total. The maximum absolute atomic E-state index is 13.0. The summed E-state index contributed by atoms with van der Waals surface area (Å²) in [6, 6.07) is 4.08. The molecule has 0 aliphatic carbocycles. The number of rotatable bonds is 3. The average Bonchev–Trinajstić information content (AvgIpc) is 2.84. The van der Waals surface area contributed by atoms with Gasteiger partial charge in [0.15, 0.2) is 5.82 Å². The summed E-state index contributed by atoms with van der Waals surface area (Å²) in [5, 5.41) is 22.8. The summed E-state index contributed by atoms with van der Waals surface area (Å²) in [4.78, 5) is 5.06. The van der Waals surface area contributed by atoms with Gasteiger partial charge in [0.25, 0.3) is 0 Å². The highest BCUT2D eigenvalue weighted by molar-refractivity contribution is 5.85. The molecule has 2 fully saturated rings. The van der Waals surface area contributed by atoms with Crippen molar-refractivity contribution in [1.82, 2.24) is 20.4 Å². The second-order valence-corrected chi connectivity index (χ2v) is 9.77. The lowest BCUT2D eigenvalue weighted by Crippen LogP contribution is -2.54. The van der Waals surface area contributed by atoms with E-state index < -0.39 is 17.5 Å². The largest absolute Gasteiger partial charge is 0.507 e. The number of benzene rings is 1. The molecule has 0 bridgehead atoms. The number of alkyl halides is 3. The minimum atomic E-state index is -4.50. The molecule has 192 valence electrons. The van der Waals surface area contributed by atoms with Gasteiger partial charge in [0, 0.05) is 36.3 Å². The molecule has 3 aliphatic rings. The second-order valence-electron chi connectivity index (χ2n) is 9.77. The van der Waals surface area contributed by atoms with Crippen LogP contribution < -0.4 is 10.2 Å². The fourth-order valence-corrected chi connectivity index (χ4v) is 5.87. The Morgan fingerprint density at radius 3 is 2.51 bits per heavy atom. The highest BCUT2D eigenvalue weighted by atomic mass is 35.5. The van der Waals surface area contributed by atoms with Crippen LogP contribution in [0.3, 0.4) is 0 Å². The number of aromatic nitrogens is 2. The van der Waals surface area contributed by atoms with Crippen molar-refractivity contribution in [3.8, 4) is 17.0 Å². The van der Waals surface area contributed by atoms with E-state index in [1.54, 1.807) is 0 Å². The molecule has 2 saturated heterocycles. The molecule has 0 radical (unpaired) electrons. The first-order valence-corrected chi connectivity index (χ1v) is 12.3. The molecular formula is C25H33ClF3N5O. The third-order valence-corrected chi connectivity index (χ3v) is 7.69. The first-order chi connectivity index (χ1) is 16.3. The number of hydrogen-bond acceptors (Lipinski definition) is 6. The van der Waals surface area contributed by atoms with Crippen LogP contribution in [-0.4, -0.2) is 65.0 Å². The molecule has 2 N–H and O–H groups in total. The molecule has 0 spiro atoms. The molecule has 5 rings (SSSR count). The molecule has 2 aromatic rings. The van der Waals surface area contributed by atoms with Crippen molar-refractivity contribution in [2.75, 3.05) is 37.6 Å². The van der Waals surface area contributed by atoms with Crippen molar-refractivity contribution >= 4 is 18.2 Å². The van der Waals surface area contributed by atoms with Crippen molar-refractivity contribution in [3.63, 3.8) is 0 Å². The first-order valence-electron chi connectivity index (χ1n) is 12.3. The fourth-order valence-electron chi connectivity index (χ4n) is 5.87. The highest BCUT2D eigenvalue weighted by Gasteiger charge is 2.34. The quantitative estimate of drug-likeness (QED) is 0.629. The van der Waals surface area contributed by atoms with E-state index in [0.717, 1.165) is 81.1 Å². The van der Waals surface area contributed by atoms with Crippen LogP contribution >= 0.6 is 12.4 Å². The zero-order valence-electron chi connectivity index (χ0n) is 19.9. The van der Waals surface area contributed by atoms with Crippen molar-refractivity contribution in [1.29, 1.82) is 0 Å². The summed E-state index contributed by atoms with van der Waals surface area (Å²) < 4.78 is 39.1. The monoisotopic (exact) mass is 511 g/mol. The van der Waals surface area contributed by atoms with Gasteiger partial charge in [-0.3, -0.25) is 4.90 Å². The summed E-state index contributed by atoms with van der Waals surface area (Å²) in [5.74, 6) is 0.473. The molecule has 1 aromatic heterocycles. The Hall–Kier alpha value is -2.10. The second kappa shape index (κ2) is 10.5. The Kier molecular flexibility index (Phi) is 7.78. The zero-order chi connectivity index (χ0) is 23.9. The minimum absolute atomic E-state index is 0.